The van der Waals surface area contributed by atoms with E-state index < -0.39 is 36.4 Å². The Hall–Kier alpha value is -3.43. The minimum absolute atomic E-state index is 0. The molecule has 1 amide bonds. The Morgan fingerprint density at radius 1 is 0.925 bits per heavy atom. The third-order valence-corrected chi connectivity index (χ3v) is 4.74. The van der Waals surface area contributed by atoms with Crippen molar-refractivity contribution in [3.05, 3.63) is 68.7 Å². The number of ketones is 1. The predicted octanol–water partition coefficient (Wildman–Crippen LogP) is 0.920. The summed E-state index contributed by atoms with van der Waals surface area (Å²) >= 11 is 4.78. The second kappa shape index (κ2) is 30.1. The summed E-state index contributed by atoms with van der Waals surface area (Å²) < 4.78 is 22.5. The minimum atomic E-state index is -1.18. The fourth-order valence-corrected chi connectivity index (χ4v) is 2.85. The number of amides is 1. The molecule has 2 atom stereocenters. The van der Waals surface area contributed by atoms with E-state index in [0.717, 1.165) is 11.4 Å². The molecule has 40 heavy (non-hydrogen) atoms. The number of hydrogen-bond donors (Lipinski definition) is 4. The van der Waals surface area contributed by atoms with Crippen molar-refractivity contribution in [1.29, 1.82) is 0 Å². The number of nitrogens with one attached hydrogen (secondary N) is 1. The zero-order valence-electron chi connectivity index (χ0n) is 21.0. The Bertz CT molecular complexity index is 987. The number of nitrogens with two attached hydrogens (primary N) is 1. The van der Waals surface area contributed by atoms with Crippen molar-refractivity contribution in [1.82, 2.24) is 15.3 Å². The van der Waals surface area contributed by atoms with Crippen molar-refractivity contribution in [2.75, 3.05) is 12.3 Å². The number of carbonyl (C=O) groups excluding carboxylic acids is 2. The largest absolute Gasteiger partial charge is 0.255 e. The van der Waals surface area contributed by atoms with Gasteiger partial charge in [0.05, 0.1) is 11.4 Å². The van der Waals surface area contributed by atoms with Crippen LogP contribution in [0.15, 0.2) is 48.8 Å². The van der Waals surface area contributed by atoms with E-state index in [0.29, 0.717) is 6.42 Å². The Balaban J connectivity index is -0.000000287. The second-order valence-corrected chi connectivity index (χ2v) is 7.32. The SMILES string of the molecule is NC(CCCC(=O)CC(C[S-])C(=O)NCC(=O)O)C(=O)O.[C-]#[O+].[C-]#[O+].[C-]#[O+].[Re].c1ccc(-c2ccccn2)nc1. The molecule has 2 aromatic rings. The molecule has 0 fully saturated rings. The molecule has 0 aliphatic carbocycles. The smallest absolute Gasteiger partial charge is 0.0886 e. The van der Waals surface area contributed by atoms with Gasteiger partial charge in [-0.1, -0.05) is 12.1 Å². The molecule has 0 aromatic carbocycles. The van der Waals surface area contributed by atoms with Crippen molar-refractivity contribution in [2.45, 2.75) is 31.7 Å². The second-order valence-electron chi connectivity index (χ2n) is 6.98. The van der Waals surface area contributed by atoms with Crippen molar-refractivity contribution >= 4 is 36.3 Å². The maximum atomic E-state index is 11.7. The Kier molecular flexibility index (Phi) is 32.8. The molecule has 0 spiro atoms. The van der Waals surface area contributed by atoms with E-state index in [1.54, 1.807) is 12.4 Å². The van der Waals surface area contributed by atoms with Crippen LogP contribution in [-0.4, -0.2) is 62.1 Å². The van der Waals surface area contributed by atoms with Crippen LogP contribution in [0, 0.1) is 25.9 Å². The number of carboxylic acid groups (broad SMARTS) is 2. The van der Waals surface area contributed by atoms with Gasteiger partial charge in [-0.15, -0.1) is 0 Å². The Morgan fingerprint density at radius 3 is 1.75 bits per heavy atom. The van der Waals surface area contributed by atoms with E-state index in [2.05, 4.69) is 35.2 Å². The molecule has 0 saturated heterocycles. The maximum Gasteiger partial charge on any atom is 0.0886 e. The zero-order valence-corrected chi connectivity index (χ0v) is 24.6. The molecule has 215 valence electrons. The van der Waals surface area contributed by atoms with Gasteiger partial charge in [-0.05, 0) is 37.1 Å². The normalized spacial score (nSPS) is 10.0. The van der Waals surface area contributed by atoms with Gasteiger partial charge in [0.25, 0.3) is 0 Å². The zero-order chi connectivity index (χ0) is 30.6. The van der Waals surface area contributed by atoms with E-state index in [-0.39, 0.29) is 51.2 Å². The van der Waals surface area contributed by atoms with Gasteiger partial charge in [0.15, 0.2) is 0 Å². The molecule has 15 heteroatoms. The predicted molar refractivity (Wildman–Crippen MR) is 135 cm³/mol. The molecule has 0 aliphatic rings. The van der Waals surface area contributed by atoms with Crippen LogP contribution in [0.3, 0.4) is 0 Å². The minimum Gasteiger partial charge on any atom is -0.255 e. The summed E-state index contributed by atoms with van der Waals surface area (Å²) in [6, 6.07) is 10.6. The van der Waals surface area contributed by atoms with Gasteiger partial charge in [0, 0.05) is 51.6 Å². The summed E-state index contributed by atoms with van der Waals surface area (Å²) in [4.78, 5) is 52.5. The molecular weight excluding hydrogens is 719 g/mol. The molecule has 5 N–H and O–H groups in total. The number of pyridine rings is 2. The van der Waals surface area contributed by atoms with Crippen LogP contribution in [0.1, 0.15) is 25.7 Å². The number of Topliss-reactive ketones (excluding diaryl/α,β-unsaturated/α-hetero) is 1. The number of carbonyl (C=O) groups is 4. The number of hydrogen-bond acceptors (Lipinski definition) is 8. The molecule has 0 aliphatic heterocycles. The Labute approximate surface area is 250 Å². The molecule has 0 saturated carbocycles. The van der Waals surface area contributed by atoms with E-state index in [9.17, 15) is 19.2 Å². The van der Waals surface area contributed by atoms with Gasteiger partial charge in [0.2, 0.25) is 5.91 Å². The summed E-state index contributed by atoms with van der Waals surface area (Å²) in [5, 5.41) is 19.2. The number of carboxylic acids is 2. The quantitative estimate of drug-likeness (QED) is 0.136. The van der Waals surface area contributed by atoms with Crippen LogP contribution in [0.5, 0.6) is 0 Å². The van der Waals surface area contributed by atoms with Crippen LogP contribution in [0.4, 0.5) is 0 Å². The van der Waals surface area contributed by atoms with Crippen molar-refractivity contribution < 1.29 is 63.8 Å². The third kappa shape index (κ3) is 22.5. The first-order chi connectivity index (χ1) is 18.7. The molecule has 13 nitrogen and oxygen atoms in total. The topological polar surface area (TPSA) is 232 Å². The summed E-state index contributed by atoms with van der Waals surface area (Å²) in [7, 11) is 0. The average molecular weight is 746 g/mol. The fourth-order valence-electron chi connectivity index (χ4n) is 2.58. The van der Waals surface area contributed by atoms with E-state index in [1.165, 1.54) is 0 Å². The fraction of sp³-hybridized carbons (Fsp3) is 0.320. The molecule has 2 aromatic heterocycles. The van der Waals surface area contributed by atoms with Crippen LogP contribution >= 0.6 is 0 Å². The van der Waals surface area contributed by atoms with Crippen molar-refractivity contribution in [3.63, 3.8) is 0 Å². The molecular formula is C25H27N4O9ReS-. The van der Waals surface area contributed by atoms with Gasteiger partial charge < -0.3 is 33.9 Å². The van der Waals surface area contributed by atoms with Crippen LogP contribution in [0.2, 0.25) is 0 Å². The maximum absolute atomic E-state index is 11.7. The van der Waals surface area contributed by atoms with Gasteiger partial charge in [-0.25, -0.2) is 0 Å². The first-order valence-corrected chi connectivity index (χ1v) is 11.3. The van der Waals surface area contributed by atoms with Gasteiger partial charge in [0.1, 0.15) is 18.4 Å². The summed E-state index contributed by atoms with van der Waals surface area (Å²) in [5.74, 6) is -3.85. The molecule has 2 rings (SSSR count). The van der Waals surface area contributed by atoms with E-state index >= 15 is 0 Å². The van der Waals surface area contributed by atoms with Crippen molar-refractivity contribution in [3.8, 4) is 11.4 Å². The van der Waals surface area contributed by atoms with Crippen LogP contribution in [0.25, 0.3) is 11.4 Å². The third-order valence-electron chi connectivity index (χ3n) is 4.34. The molecule has 2 unspecified atom stereocenters. The first-order valence-electron chi connectivity index (χ1n) is 10.8. The summed E-state index contributed by atoms with van der Waals surface area (Å²) in [5.41, 5.74) is 7.13. The van der Waals surface area contributed by atoms with Gasteiger partial charge >= 0.3 is 45.8 Å². The number of nitrogens with zero attached hydrogens (tertiary/aromatic N) is 2. The standard InChI is InChI=1S/C12H20N2O6S.C10H8N2.3CO.Re/c13-9(12(19)20)3-1-2-8(15)4-7(6-21)11(18)14-5-10(16)17;1-3-7-11-9(5-1)10-6-2-4-8-12-10;3*1-2;/h7,9,21H,1-6,13H2,(H,14,18)(H,16,17)(H,19,20);1-8H;;;;/p-1. The van der Waals surface area contributed by atoms with Crippen molar-refractivity contribution in [2.24, 2.45) is 11.7 Å². The van der Waals surface area contributed by atoms with Crippen LogP contribution < -0.4 is 11.1 Å². The average Bonchev–Trinajstić information content (AvgIpc) is 2.98. The number of aromatic nitrogens is 2. The first kappa shape index (κ1) is 43.6. The van der Waals surface area contributed by atoms with E-state index in [4.69, 9.17) is 42.5 Å². The van der Waals surface area contributed by atoms with Gasteiger partial charge in [-0.2, -0.15) is 5.75 Å². The van der Waals surface area contributed by atoms with Gasteiger partial charge in [-0.3, -0.25) is 29.1 Å². The Morgan fingerprint density at radius 2 is 1.40 bits per heavy atom. The number of aliphatic carboxylic acids is 2. The summed E-state index contributed by atoms with van der Waals surface area (Å²) in [6.07, 6.45) is 4.04. The molecule has 0 bridgehead atoms. The van der Waals surface area contributed by atoms with Crippen LogP contribution in [-0.2, 0) is 66.2 Å². The molecule has 1 radical (unpaired) electrons. The number of rotatable bonds is 12. The summed E-state index contributed by atoms with van der Waals surface area (Å²) in [6.45, 7) is 13.0. The molecule has 2 heterocycles. The van der Waals surface area contributed by atoms with E-state index in [1.807, 2.05) is 36.4 Å². The monoisotopic (exact) mass is 746 g/mol.